The number of hydrogen-bond acceptors (Lipinski definition) is 4. The number of benzene rings is 1. The summed E-state index contributed by atoms with van der Waals surface area (Å²) in [6.45, 7) is 0.825. The van der Waals surface area contributed by atoms with Crippen LogP contribution in [0.5, 0.6) is 0 Å². The van der Waals surface area contributed by atoms with Crippen molar-refractivity contribution in [2.45, 2.75) is 18.9 Å². The minimum absolute atomic E-state index is 0.100. The van der Waals surface area contributed by atoms with Gasteiger partial charge in [-0.15, -0.1) is 0 Å². The Morgan fingerprint density at radius 1 is 1.56 bits per heavy atom. The molecule has 0 radical (unpaired) electrons. The number of amides is 1. The van der Waals surface area contributed by atoms with Crippen LogP contribution in [0.3, 0.4) is 0 Å². The van der Waals surface area contributed by atoms with E-state index in [0.29, 0.717) is 5.69 Å². The minimum Gasteiger partial charge on any atom is -0.323 e. The molecular formula is C11H12ClN3O3. The smallest absolute Gasteiger partial charge is 0.271 e. The summed E-state index contributed by atoms with van der Waals surface area (Å²) in [4.78, 5) is 21.8. The first-order chi connectivity index (χ1) is 8.58. The summed E-state index contributed by atoms with van der Waals surface area (Å²) in [6.07, 6.45) is 1.75. The Morgan fingerprint density at radius 2 is 2.33 bits per heavy atom. The number of anilines is 1. The van der Waals surface area contributed by atoms with E-state index >= 15 is 0 Å². The zero-order chi connectivity index (χ0) is 13.1. The van der Waals surface area contributed by atoms with Crippen LogP contribution in [0.2, 0.25) is 5.02 Å². The zero-order valence-corrected chi connectivity index (χ0v) is 10.2. The highest BCUT2D eigenvalue weighted by molar-refractivity contribution is 6.34. The van der Waals surface area contributed by atoms with E-state index in [4.69, 9.17) is 11.6 Å². The highest BCUT2D eigenvalue weighted by Crippen LogP contribution is 2.26. The fourth-order valence-electron chi connectivity index (χ4n) is 1.85. The molecule has 0 bridgehead atoms. The van der Waals surface area contributed by atoms with Gasteiger partial charge in [-0.1, -0.05) is 11.6 Å². The number of hydrogen-bond donors (Lipinski definition) is 2. The van der Waals surface area contributed by atoms with E-state index in [1.807, 2.05) is 0 Å². The summed E-state index contributed by atoms with van der Waals surface area (Å²) in [5.74, 6) is -0.164. The molecule has 1 aromatic carbocycles. The van der Waals surface area contributed by atoms with Crippen molar-refractivity contribution in [2.24, 2.45) is 0 Å². The first kappa shape index (κ1) is 12.8. The normalized spacial score (nSPS) is 18.6. The van der Waals surface area contributed by atoms with Gasteiger partial charge in [-0.05, 0) is 25.5 Å². The average molecular weight is 270 g/mol. The predicted octanol–water partition coefficient (Wildman–Crippen LogP) is 1.94. The molecule has 2 rings (SSSR count). The van der Waals surface area contributed by atoms with Gasteiger partial charge in [-0.3, -0.25) is 14.9 Å². The Kier molecular flexibility index (Phi) is 3.78. The van der Waals surface area contributed by atoms with Crippen LogP contribution in [0.15, 0.2) is 18.2 Å². The topological polar surface area (TPSA) is 84.3 Å². The number of carbonyl (C=O) groups excluding carboxylic acids is 1. The summed E-state index contributed by atoms with van der Waals surface area (Å²) >= 11 is 5.88. The maximum absolute atomic E-state index is 11.8. The second-order valence-corrected chi connectivity index (χ2v) is 4.47. The van der Waals surface area contributed by atoms with Gasteiger partial charge in [0.1, 0.15) is 0 Å². The molecule has 0 spiro atoms. The van der Waals surface area contributed by atoms with E-state index in [9.17, 15) is 14.9 Å². The van der Waals surface area contributed by atoms with Gasteiger partial charge in [0.15, 0.2) is 0 Å². The van der Waals surface area contributed by atoms with Crippen LogP contribution < -0.4 is 10.6 Å². The maximum Gasteiger partial charge on any atom is 0.271 e. The quantitative estimate of drug-likeness (QED) is 0.649. The van der Waals surface area contributed by atoms with E-state index in [2.05, 4.69) is 10.6 Å². The Labute approximate surface area is 108 Å². The molecule has 1 heterocycles. The second-order valence-electron chi connectivity index (χ2n) is 4.06. The molecule has 1 atom stereocenters. The molecule has 1 amide bonds. The summed E-state index contributed by atoms with van der Waals surface area (Å²) < 4.78 is 0. The number of nitro benzene ring substituents is 1. The van der Waals surface area contributed by atoms with Crippen LogP contribution in [0.1, 0.15) is 12.8 Å². The van der Waals surface area contributed by atoms with Gasteiger partial charge in [0.2, 0.25) is 5.91 Å². The van der Waals surface area contributed by atoms with Gasteiger partial charge in [0.05, 0.1) is 21.7 Å². The summed E-state index contributed by atoms with van der Waals surface area (Å²) in [5, 5.41) is 16.4. The van der Waals surface area contributed by atoms with Crippen LogP contribution >= 0.6 is 11.6 Å². The van der Waals surface area contributed by atoms with Crippen molar-refractivity contribution >= 4 is 28.9 Å². The number of halogens is 1. The molecule has 18 heavy (non-hydrogen) atoms. The lowest BCUT2D eigenvalue weighted by Gasteiger charge is -2.11. The highest BCUT2D eigenvalue weighted by Gasteiger charge is 2.22. The first-order valence-corrected chi connectivity index (χ1v) is 5.94. The predicted molar refractivity (Wildman–Crippen MR) is 67.8 cm³/mol. The van der Waals surface area contributed by atoms with E-state index in [1.54, 1.807) is 0 Å². The number of non-ortho nitro benzene ring substituents is 1. The van der Waals surface area contributed by atoms with E-state index in [0.717, 1.165) is 19.4 Å². The van der Waals surface area contributed by atoms with Gasteiger partial charge in [0.25, 0.3) is 5.69 Å². The highest BCUT2D eigenvalue weighted by atomic mass is 35.5. The Balaban J connectivity index is 2.09. The molecular weight excluding hydrogens is 258 g/mol. The fourth-order valence-corrected chi connectivity index (χ4v) is 2.07. The van der Waals surface area contributed by atoms with Crippen LogP contribution in [0.4, 0.5) is 11.4 Å². The molecule has 1 fully saturated rings. The van der Waals surface area contributed by atoms with Crippen molar-refractivity contribution < 1.29 is 9.72 Å². The molecule has 0 unspecified atom stereocenters. The van der Waals surface area contributed by atoms with Crippen molar-refractivity contribution in [3.8, 4) is 0 Å². The first-order valence-electron chi connectivity index (χ1n) is 5.56. The summed E-state index contributed by atoms with van der Waals surface area (Å²) in [7, 11) is 0. The van der Waals surface area contributed by atoms with Crippen molar-refractivity contribution in [2.75, 3.05) is 11.9 Å². The SMILES string of the molecule is O=C(Nc1ccc([N+](=O)[O-])cc1Cl)[C@@H]1CCCN1. The monoisotopic (exact) mass is 269 g/mol. The van der Waals surface area contributed by atoms with E-state index in [-0.39, 0.29) is 22.7 Å². The number of nitro groups is 1. The Bertz CT molecular complexity index is 486. The molecule has 1 saturated heterocycles. The molecule has 1 aromatic rings. The molecule has 2 N–H and O–H groups in total. The Hall–Kier alpha value is -1.66. The molecule has 0 saturated carbocycles. The van der Waals surface area contributed by atoms with Crippen molar-refractivity contribution in [1.29, 1.82) is 0 Å². The molecule has 1 aliphatic heterocycles. The lowest BCUT2D eigenvalue weighted by molar-refractivity contribution is -0.384. The van der Waals surface area contributed by atoms with Crippen molar-refractivity contribution in [3.05, 3.63) is 33.3 Å². The molecule has 0 aromatic heterocycles. The van der Waals surface area contributed by atoms with Gasteiger partial charge in [0, 0.05) is 12.1 Å². The van der Waals surface area contributed by atoms with Crippen LogP contribution in [0, 0.1) is 10.1 Å². The van der Waals surface area contributed by atoms with Crippen molar-refractivity contribution in [1.82, 2.24) is 5.32 Å². The van der Waals surface area contributed by atoms with Gasteiger partial charge in [-0.2, -0.15) is 0 Å². The van der Waals surface area contributed by atoms with Gasteiger partial charge < -0.3 is 10.6 Å². The molecule has 6 nitrogen and oxygen atoms in total. The molecule has 96 valence electrons. The molecule has 0 aliphatic carbocycles. The van der Waals surface area contributed by atoms with Crippen LogP contribution in [-0.4, -0.2) is 23.4 Å². The summed E-state index contributed by atoms with van der Waals surface area (Å²) in [6, 6.07) is 3.76. The zero-order valence-electron chi connectivity index (χ0n) is 9.48. The third-order valence-electron chi connectivity index (χ3n) is 2.80. The third kappa shape index (κ3) is 2.77. The number of rotatable bonds is 3. The third-order valence-corrected chi connectivity index (χ3v) is 3.11. The molecule has 7 heteroatoms. The number of carbonyl (C=O) groups is 1. The van der Waals surface area contributed by atoms with E-state index < -0.39 is 4.92 Å². The maximum atomic E-state index is 11.8. The van der Waals surface area contributed by atoms with Gasteiger partial charge in [-0.25, -0.2) is 0 Å². The fraction of sp³-hybridized carbons (Fsp3) is 0.364. The number of nitrogens with zero attached hydrogens (tertiary/aromatic N) is 1. The average Bonchev–Trinajstić information content (AvgIpc) is 2.85. The Morgan fingerprint density at radius 3 is 2.89 bits per heavy atom. The standard InChI is InChI=1S/C11H12ClN3O3/c12-8-6-7(15(17)18)3-4-9(8)14-11(16)10-2-1-5-13-10/h3-4,6,10,13H,1-2,5H2,(H,14,16)/t10-/m0/s1. The van der Waals surface area contributed by atoms with Crippen molar-refractivity contribution in [3.63, 3.8) is 0 Å². The van der Waals surface area contributed by atoms with E-state index in [1.165, 1.54) is 18.2 Å². The number of nitrogens with one attached hydrogen (secondary N) is 2. The largest absolute Gasteiger partial charge is 0.323 e. The van der Waals surface area contributed by atoms with Crippen LogP contribution in [0.25, 0.3) is 0 Å². The lowest BCUT2D eigenvalue weighted by Crippen LogP contribution is -2.35. The minimum atomic E-state index is -0.532. The molecule has 1 aliphatic rings. The lowest BCUT2D eigenvalue weighted by atomic mass is 10.2. The second kappa shape index (κ2) is 5.32. The van der Waals surface area contributed by atoms with Crippen LogP contribution in [-0.2, 0) is 4.79 Å². The van der Waals surface area contributed by atoms with Gasteiger partial charge >= 0.3 is 0 Å². The summed E-state index contributed by atoms with van der Waals surface area (Å²) in [5.41, 5.74) is 0.290.